The van der Waals surface area contributed by atoms with E-state index in [-0.39, 0.29) is 12.5 Å². The lowest BCUT2D eigenvalue weighted by atomic mass is 9.87. The largest absolute Gasteiger partial charge is 0.489 e. The Hall–Kier alpha value is -2.58. The smallest absolute Gasteiger partial charge is 0.123 e. The molecule has 0 bridgehead atoms. The average molecular weight is 332 g/mol. The zero-order chi connectivity index (χ0) is 17.5. The molecule has 0 aliphatic carbocycles. The number of aryl methyl sites for hydroxylation is 1. The third-order valence-electron chi connectivity index (χ3n) is 4.40. The van der Waals surface area contributed by atoms with Gasteiger partial charge in [-0.1, -0.05) is 78.4 Å². The van der Waals surface area contributed by atoms with E-state index in [0.717, 1.165) is 16.9 Å². The Morgan fingerprint density at radius 3 is 2.24 bits per heavy atom. The van der Waals surface area contributed by atoms with E-state index in [1.165, 1.54) is 11.1 Å². The van der Waals surface area contributed by atoms with Crippen LogP contribution in [0.3, 0.4) is 0 Å². The highest BCUT2D eigenvalue weighted by atomic mass is 16.5. The number of hydrogen-bond acceptors (Lipinski definition) is 2. The third kappa shape index (κ3) is 4.49. The number of benzene rings is 3. The molecule has 25 heavy (non-hydrogen) atoms. The van der Waals surface area contributed by atoms with Gasteiger partial charge in [0.1, 0.15) is 12.4 Å². The maximum absolute atomic E-state index is 9.59. The van der Waals surface area contributed by atoms with Gasteiger partial charge in [-0.05, 0) is 30.5 Å². The van der Waals surface area contributed by atoms with Gasteiger partial charge >= 0.3 is 0 Å². The molecule has 0 saturated heterocycles. The van der Waals surface area contributed by atoms with Crippen molar-refractivity contribution in [2.24, 2.45) is 0 Å². The first kappa shape index (κ1) is 17.2. The number of hydrogen-bond donors (Lipinski definition) is 1. The SMILES string of the molecule is Cc1ccc(OCc2ccccc2)c(C(CCO)c2ccccc2)c1. The Morgan fingerprint density at radius 1 is 0.880 bits per heavy atom. The second-order valence-corrected chi connectivity index (χ2v) is 6.29. The van der Waals surface area contributed by atoms with E-state index in [1.54, 1.807) is 0 Å². The van der Waals surface area contributed by atoms with Crippen molar-refractivity contribution in [2.75, 3.05) is 6.61 Å². The molecule has 1 unspecified atom stereocenters. The van der Waals surface area contributed by atoms with Gasteiger partial charge < -0.3 is 9.84 Å². The standard InChI is InChI=1S/C23H24O2/c1-18-12-13-23(25-17-19-8-4-2-5-9-19)22(16-18)21(14-15-24)20-10-6-3-7-11-20/h2-13,16,21,24H,14-15,17H2,1H3. The lowest BCUT2D eigenvalue weighted by Crippen LogP contribution is -2.07. The zero-order valence-corrected chi connectivity index (χ0v) is 14.6. The summed E-state index contributed by atoms with van der Waals surface area (Å²) < 4.78 is 6.15. The van der Waals surface area contributed by atoms with E-state index in [1.807, 2.05) is 42.5 Å². The minimum absolute atomic E-state index is 0.122. The number of aliphatic hydroxyl groups is 1. The fourth-order valence-corrected chi connectivity index (χ4v) is 3.12. The van der Waals surface area contributed by atoms with Crippen LogP contribution < -0.4 is 4.74 Å². The number of ether oxygens (including phenoxy) is 1. The van der Waals surface area contributed by atoms with E-state index in [4.69, 9.17) is 4.74 Å². The summed E-state index contributed by atoms with van der Waals surface area (Å²) in [6, 6.07) is 26.8. The predicted molar refractivity (Wildman–Crippen MR) is 102 cm³/mol. The van der Waals surface area contributed by atoms with Gasteiger partial charge in [0.25, 0.3) is 0 Å². The second-order valence-electron chi connectivity index (χ2n) is 6.29. The Kier molecular flexibility index (Phi) is 5.86. The molecule has 0 fully saturated rings. The highest BCUT2D eigenvalue weighted by molar-refractivity contribution is 5.44. The zero-order valence-electron chi connectivity index (χ0n) is 14.6. The lowest BCUT2D eigenvalue weighted by molar-refractivity contribution is 0.276. The molecule has 3 rings (SSSR count). The highest BCUT2D eigenvalue weighted by Crippen LogP contribution is 2.35. The molecule has 0 aliphatic rings. The molecule has 3 aromatic rings. The molecule has 2 nitrogen and oxygen atoms in total. The van der Waals surface area contributed by atoms with Crippen molar-refractivity contribution in [1.82, 2.24) is 0 Å². The average Bonchev–Trinajstić information content (AvgIpc) is 2.66. The summed E-state index contributed by atoms with van der Waals surface area (Å²) in [4.78, 5) is 0. The molecule has 0 saturated carbocycles. The molecule has 0 radical (unpaired) electrons. The van der Waals surface area contributed by atoms with Crippen molar-refractivity contribution in [3.05, 3.63) is 101 Å². The van der Waals surface area contributed by atoms with Crippen molar-refractivity contribution < 1.29 is 9.84 Å². The van der Waals surface area contributed by atoms with Crippen LogP contribution in [0, 0.1) is 6.92 Å². The molecule has 0 amide bonds. The van der Waals surface area contributed by atoms with Crippen LogP contribution in [0.5, 0.6) is 5.75 Å². The topological polar surface area (TPSA) is 29.5 Å². The molecular formula is C23H24O2. The van der Waals surface area contributed by atoms with Crippen LogP contribution in [0.25, 0.3) is 0 Å². The van der Waals surface area contributed by atoms with Gasteiger partial charge in [-0.15, -0.1) is 0 Å². The van der Waals surface area contributed by atoms with Crippen LogP contribution in [-0.4, -0.2) is 11.7 Å². The summed E-state index contributed by atoms with van der Waals surface area (Å²) in [5, 5.41) is 9.59. The minimum atomic E-state index is 0.122. The van der Waals surface area contributed by atoms with Crippen molar-refractivity contribution in [2.45, 2.75) is 25.9 Å². The van der Waals surface area contributed by atoms with Crippen LogP contribution in [0.1, 0.15) is 34.6 Å². The van der Waals surface area contributed by atoms with E-state index >= 15 is 0 Å². The van der Waals surface area contributed by atoms with Gasteiger partial charge in [0, 0.05) is 18.1 Å². The van der Waals surface area contributed by atoms with Crippen molar-refractivity contribution in [1.29, 1.82) is 0 Å². The van der Waals surface area contributed by atoms with Gasteiger partial charge in [0.15, 0.2) is 0 Å². The molecular weight excluding hydrogens is 308 g/mol. The normalized spacial score (nSPS) is 11.9. The molecule has 1 atom stereocenters. The van der Waals surface area contributed by atoms with Crippen LogP contribution in [0.4, 0.5) is 0 Å². The van der Waals surface area contributed by atoms with Crippen molar-refractivity contribution >= 4 is 0 Å². The van der Waals surface area contributed by atoms with E-state index in [0.29, 0.717) is 13.0 Å². The van der Waals surface area contributed by atoms with Crippen molar-refractivity contribution in [3.63, 3.8) is 0 Å². The molecule has 0 heterocycles. The molecule has 0 spiro atoms. The van der Waals surface area contributed by atoms with Crippen LogP contribution in [0.15, 0.2) is 78.9 Å². The molecule has 0 aromatic heterocycles. The number of aliphatic hydroxyl groups excluding tert-OH is 1. The summed E-state index contributed by atoms with van der Waals surface area (Å²) in [6.07, 6.45) is 0.676. The molecule has 128 valence electrons. The Labute approximate surface area is 149 Å². The predicted octanol–water partition coefficient (Wildman–Crippen LogP) is 5.09. The van der Waals surface area contributed by atoms with Crippen LogP contribution >= 0.6 is 0 Å². The van der Waals surface area contributed by atoms with Gasteiger partial charge in [-0.3, -0.25) is 0 Å². The summed E-state index contributed by atoms with van der Waals surface area (Å²) in [5.41, 5.74) is 4.68. The molecule has 2 heteroatoms. The highest BCUT2D eigenvalue weighted by Gasteiger charge is 2.18. The van der Waals surface area contributed by atoms with Crippen LogP contribution in [0.2, 0.25) is 0 Å². The van der Waals surface area contributed by atoms with E-state index in [9.17, 15) is 5.11 Å². The maximum Gasteiger partial charge on any atom is 0.123 e. The quantitative estimate of drug-likeness (QED) is 0.653. The summed E-state index contributed by atoms with van der Waals surface area (Å²) in [7, 11) is 0. The lowest BCUT2D eigenvalue weighted by Gasteiger charge is -2.21. The second kappa shape index (κ2) is 8.50. The van der Waals surface area contributed by atoms with E-state index < -0.39 is 0 Å². The summed E-state index contributed by atoms with van der Waals surface area (Å²) in [5.74, 6) is 1.01. The molecule has 1 N–H and O–H groups in total. The van der Waals surface area contributed by atoms with Gasteiger partial charge in [0.2, 0.25) is 0 Å². The van der Waals surface area contributed by atoms with Gasteiger partial charge in [-0.2, -0.15) is 0 Å². The number of rotatable bonds is 7. The third-order valence-corrected chi connectivity index (χ3v) is 4.40. The summed E-state index contributed by atoms with van der Waals surface area (Å²) in [6.45, 7) is 2.77. The minimum Gasteiger partial charge on any atom is -0.489 e. The molecule has 3 aromatic carbocycles. The first-order chi connectivity index (χ1) is 12.3. The van der Waals surface area contributed by atoms with Crippen molar-refractivity contribution in [3.8, 4) is 5.75 Å². The first-order valence-corrected chi connectivity index (χ1v) is 8.71. The molecule has 0 aliphatic heterocycles. The van der Waals surface area contributed by atoms with Crippen LogP contribution in [-0.2, 0) is 6.61 Å². The fraction of sp³-hybridized carbons (Fsp3) is 0.217. The Morgan fingerprint density at radius 2 is 1.56 bits per heavy atom. The van der Waals surface area contributed by atoms with E-state index in [2.05, 4.69) is 43.3 Å². The first-order valence-electron chi connectivity index (χ1n) is 8.71. The monoisotopic (exact) mass is 332 g/mol. The summed E-state index contributed by atoms with van der Waals surface area (Å²) >= 11 is 0. The fourth-order valence-electron chi connectivity index (χ4n) is 3.12. The van der Waals surface area contributed by atoms with Gasteiger partial charge in [-0.25, -0.2) is 0 Å². The Bertz CT molecular complexity index is 782. The Balaban J connectivity index is 1.91. The van der Waals surface area contributed by atoms with Gasteiger partial charge in [0.05, 0.1) is 0 Å². The maximum atomic E-state index is 9.59.